The van der Waals surface area contributed by atoms with Crippen molar-refractivity contribution in [2.75, 3.05) is 11.0 Å². The van der Waals surface area contributed by atoms with Gasteiger partial charge in [-0.1, -0.05) is 80.0 Å². The van der Waals surface area contributed by atoms with Crippen molar-refractivity contribution in [2.24, 2.45) is 5.92 Å². The molecule has 1 fully saturated rings. The zero-order chi connectivity index (χ0) is 14.6. The molecule has 112 valence electrons. The Kier molecular flexibility index (Phi) is 5.91. The van der Waals surface area contributed by atoms with Gasteiger partial charge in [0, 0.05) is 11.0 Å². The Morgan fingerprint density at radius 1 is 1.25 bits per heavy atom. The number of halogens is 1. The summed E-state index contributed by atoms with van der Waals surface area (Å²) in [6.07, 6.45) is 5.47. The molecule has 0 N–H and O–H groups in total. The number of ether oxygens (including phenoxy) is 1. The largest absolute Gasteiger partial charge is 0.370 e. The monoisotopic (exact) mass is 386 g/mol. The maximum Gasteiger partial charge on any atom is 0.0992 e. The van der Waals surface area contributed by atoms with Crippen LogP contribution in [0.15, 0.2) is 24.3 Å². The van der Waals surface area contributed by atoms with Crippen molar-refractivity contribution >= 4 is 22.6 Å². The van der Waals surface area contributed by atoms with Crippen LogP contribution in [0.3, 0.4) is 0 Å². The minimum absolute atomic E-state index is 0.139. The molecule has 0 bridgehead atoms. The Labute approximate surface area is 137 Å². The Bertz CT molecular complexity index is 408. The molecule has 1 aromatic carbocycles. The van der Waals surface area contributed by atoms with Gasteiger partial charge in [-0.25, -0.2) is 0 Å². The van der Waals surface area contributed by atoms with Crippen molar-refractivity contribution in [3.8, 4) is 0 Å². The third kappa shape index (κ3) is 3.97. The van der Waals surface area contributed by atoms with E-state index in [1.54, 1.807) is 0 Å². The molecule has 0 heterocycles. The smallest absolute Gasteiger partial charge is 0.0992 e. The van der Waals surface area contributed by atoms with E-state index in [2.05, 4.69) is 67.6 Å². The van der Waals surface area contributed by atoms with Gasteiger partial charge in [-0.3, -0.25) is 0 Å². The van der Waals surface area contributed by atoms with Crippen LogP contribution in [0.1, 0.15) is 63.5 Å². The lowest BCUT2D eigenvalue weighted by molar-refractivity contribution is -0.0252. The van der Waals surface area contributed by atoms with Crippen molar-refractivity contribution in [1.82, 2.24) is 0 Å². The molecule has 0 amide bonds. The molecule has 20 heavy (non-hydrogen) atoms. The van der Waals surface area contributed by atoms with E-state index in [1.165, 1.54) is 36.8 Å². The van der Waals surface area contributed by atoms with Gasteiger partial charge >= 0.3 is 0 Å². The van der Waals surface area contributed by atoms with E-state index in [9.17, 15) is 0 Å². The summed E-state index contributed by atoms with van der Waals surface area (Å²) < 4.78 is 7.26. The van der Waals surface area contributed by atoms with Crippen LogP contribution in [0.5, 0.6) is 0 Å². The highest BCUT2D eigenvalue weighted by molar-refractivity contribution is 14.1. The lowest BCUT2D eigenvalue weighted by atomic mass is 9.83. The van der Waals surface area contributed by atoms with Crippen LogP contribution in [0.25, 0.3) is 0 Å². The van der Waals surface area contributed by atoms with Crippen LogP contribution in [0, 0.1) is 5.92 Å². The van der Waals surface area contributed by atoms with Gasteiger partial charge in [0.15, 0.2) is 0 Å². The fourth-order valence-electron chi connectivity index (χ4n) is 2.65. The van der Waals surface area contributed by atoms with Gasteiger partial charge in [0.2, 0.25) is 0 Å². The zero-order valence-corrected chi connectivity index (χ0v) is 15.2. The second-order valence-corrected chi connectivity index (χ2v) is 7.34. The van der Waals surface area contributed by atoms with E-state index in [1.807, 2.05) is 0 Å². The van der Waals surface area contributed by atoms with Crippen LogP contribution in [-0.2, 0) is 10.3 Å². The molecule has 1 aliphatic rings. The summed E-state index contributed by atoms with van der Waals surface area (Å²) in [5, 5.41) is 0. The van der Waals surface area contributed by atoms with E-state index in [-0.39, 0.29) is 5.60 Å². The molecule has 0 aliphatic heterocycles. The Morgan fingerprint density at radius 3 is 2.35 bits per heavy atom. The molecule has 0 radical (unpaired) electrons. The Morgan fingerprint density at radius 2 is 1.90 bits per heavy atom. The first-order valence-electron chi connectivity index (χ1n) is 7.85. The average Bonchev–Trinajstić information content (AvgIpc) is 2.41. The van der Waals surface area contributed by atoms with E-state index >= 15 is 0 Å². The molecular weight excluding hydrogens is 359 g/mol. The summed E-state index contributed by atoms with van der Waals surface area (Å²) in [6, 6.07) is 8.99. The second-order valence-electron chi connectivity index (χ2n) is 6.58. The molecule has 2 rings (SSSR count). The number of benzene rings is 1. The van der Waals surface area contributed by atoms with Crippen molar-refractivity contribution < 1.29 is 4.74 Å². The van der Waals surface area contributed by atoms with Gasteiger partial charge in [0.25, 0.3) is 0 Å². The van der Waals surface area contributed by atoms with E-state index in [4.69, 9.17) is 4.74 Å². The summed E-state index contributed by atoms with van der Waals surface area (Å²) in [5.41, 5.74) is 2.57. The molecule has 0 aromatic heterocycles. The van der Waals surface area contributed by atoms with E-state index in [0.29, 0.717) is 5.92 Å². The lowest BCUT2D eigenvalue weighted by Crippen LogP contribution is -2.29. The van der Waals surface area contributed by atoms with Crippen molar-refractivity contribution in [1.29, 1.82) is 0 Å². The average molecular weight is 386 g/mol. The van der Waals surface area contributed by atoms with Crippen LogP contribution in [0.2, 0.25) is 0 Å². The van der Waals surface area contributed by atoms with Gasteiger partial charge in [-0.05, 0) is 36.3 Å². The summed E-state index contributed by atoms with van der Waals surface area (Å²) in [4.78, 5) is 0. The van der Waals surface area contributed by atoms with Gasteiger partial charge < -0.3 is 4.74 Å². The number of rotatable bonds is 7. The van der Waals surface area contributed by atoms with E-state index in [0.717, 1.165) is 17.0 Å². The predicted molar refractivity (Wildman–Crippen MR) is 94.7 cm³/mol. The molecule has 1 aliphatic carbocycles. The Balaban J connectivity index is 1.96. The minimum atomic E-state index is -0.139. The number of hydrogen-bond acceptors (Lipinski definition) is 1. The highest BCUT2D eigenvalue weighted by atomic mass is 127. The molecule has 1 unspecified atom stereocenters. The summed E-state index contributed by atoms with van der Waals surface area (Å²) >= 11 is 2.45. The SMILES string of the molecule is CC(C)c1ccc(C(C)(CI)OCCC2CCC2)cc1. The van der Waals surface area contributed by atoms with Gasteiger partial charge in [-0.2, -0.15) is 0 Å². The highest BCUT2D eigenvalue weighted by Gasteiger charge is 2.27. The van der Waals surface area contributed by atoms with Crippen LogP contribution >= 0.6 is 22.6 Å². The maximum atomic E-state index is 6.26. The topological polar surface area (TPSA) is 9.23 Å². The van der Waals surface area contributed by atoms with Crippen molar-refractivity contribution in [2.45, 2.75) is 58.0 Å². The summed E-state index contributed by atoms with van der Waals surface area (Å²) in [7, 11) is 0. The van der Waals surface area contributed by atoms with Gasteiger partial charge in [0.1, 0.15) is 0 Å². The minimum Gasteiger partial charge on any atom is -0.370 e. The molecule has 2 heteroatoms. The van der Waals surface area contributed by atoms with Crippen molar-refractivity contribution in [3.05, 3.63) is 35.4 Å². The van der Waals surface area contributed by atoms with Crippen LogP contribution in [0.4, 0.5) is 0 Å². The zero-order valence-electron chi connectivity index (χ0n) is 13.0. The fourth-order valence-corrected chi connectivity index (χ4v) is 3.31. The highest BCUT2D eigenvalue weighted by Crippen LogP contribution is 2.32. The normalized spacial score (nSPS) is 18.9. The number of hydrogen-bond donors (Lipinski definition) is 0. The van der Waals surface area contributed by atoms with Crippen molar-refractivity contribution in [3.63, 3.8) is 0 Å². The van der Waals surface area contributed by atoms with Gasteiger partial charge in [-0.15, -0.1) is 0 Å². The third-order valence-electron chi connectivity index (χ3n) is 4.61. The maximum absolute atomic E-state index is 6.26. The molecule has 0 spiro atoms. The molecule has 1 nitrogen and oxygen atoms in total. The van der Waals surface area contributed by atoms with Crippen LogP contribution < -0.4 is 0 Å². The predicted octanol–water partition coefficient (Wildman–Crippen LogP) is 5.67. The standard InChI is InChI=1S/C18H27IO/c1-14(2)16-7-9-17(10-8-16)18(3,13-19)20-12-11-15-5-4-6-15/h7-10,14-15H,4-6,11-13H2,1-3H3. The second kappa shape index (κ2) is 7.26. The molecule has 1 atom stereocenters. The molecule has 0 saturated heterocycles. The molecule has 1 saturated carbocycles. The molecule has 1 aromatic rings. The quantitative estimate of drug-likeness (QED) is 0.434. The first-order chi connectivity index (χ1) is 9.55. The fraction of sp³-hybridized carbons (Fsp3) is 0.667. The summed E-state index contributed by atoms with van der Waals surface area (Å²) in [5.74, 6) is 1.52. The first kappa shape index (κ1) is 16.3. The van der Waals surface area contributed by atoms with Crippen LogP contribution in [-0.4, -0.2) is 11.0 Å². The summed E-state index contributed by atoms with van der Waals surface area (Å²) in [6.45, 7) is 7.60. The lowest BCUT2D eigenvalue weighted by Gasteiger charge is -2.31. The molecular formula is C18H27IO. The first-order valence-corrected chi connectivity index (χ1v) is 9.38. The van der Waals surface area contributed by atoms with Gasteiger partial charge in [0.05, 0.1) is 5.60 Å². The number of alkyl halides is 1. The van der Waals surface area contributed by atoms with E-state index < -0.39 is 0 Å². The third-order valence-corrected chi connectivity index (χ3v) is 6.07. The Hall–Kier alpha value is -0.0900.